The van der Waals surface area contributed by atoms with E-state index in [4.69, 9.17) is 0 Å². The molecule has 0 spiro atoms. The van der Waals surface area contributed by atoms with Crippen molar-refractivity contribution in [1.29, 1.82) is 0 Å². The molecular weight excluding hydrogens is 378 g/mol. The molecule has 6 nitrogen and oxygen atoms in total. The van der Waals surface area contributed by atoms with E-state index in [1.54, 1.807) is 17.0 Å². The Balaban J connectivity index is 1.29. The lowest BCUT2D eigenvalue weighted by Gasteiger charge is -2.34. The molecule has 1 atom stereocenters. The number of hydrogen-bond donors (Lipinski definition) is 1. The Hall–Kier alpha value is -2.61. The summed E-state index contributed by atoms with van der Waals surface area (Å²) in [6, 6.07) is 4.32. The van der Waals surface area contributed by atoms with Crippen molar-refractivity contribution in [3.63, 3.8) is 0 Å². The molecule has 0 bridgehead atoms. The van der Waals surface area contributed by atoms with Gasteiger partial charge in [0.05, 0.1) is 6.20 Å². The molecule has 0 aliphatic carbocycles. The first-order valence-corrected chi connectivity index (χ1v) is 10.0. The molecule has 8 heteroatoms. The fourth-order valence-electron chi connectivity index (χ4n) is 4.47. The minimum absolute atomic E-state index is 0.150. The van der Waals surface area contributed by atoms with Crippen LogP contribution in [0.5, 0.6) is 0 Å². The summed E-state index contributed by atoms with van der Waals surface area (Å²) in [5, 5.41) is 0. The van der Waals surface area contributed by atoms with E-state index in [1.807, 2.05) is 0 Å². The molecule has 0 radical (unpaired) electrons. The van der Waals surface area contributed by atoms with Gasteiger partial charge in [0, 0.05) is 31.4 Å². The van der Waals surface area contributed by atoms with Gasteiger partial charge in [-0.1, -0.05) is 12.1 Å². The Morgan fingerprint density at radius 1 is 1.14 bits per heavy atom. The van der Waals surface area contributed by atoms with Crippen molar-refractivity contribution in [3.05, 3.63) is 63.8 Å². The topological polar surface area (TPSA) is 69.3 Å². The quantitative estimate of drug-likeness (QED) is 0.853. The predicted octanol–water partition coefficient (Wildman–Crippen LogP) is 2.42. The lowest BCUT2D eigenvalue weighted by atomic mass is 9.83. The third-order valence-electron chi connectivity index (χ3n) is 6.13. The highest BCUT2D eigenvalue weighted by Crippen LogP contribution is 2.32. The second-order valence-corrected chi connectivity index (χ2v) is 7.92. The number of rotatable bonds is 4. The van der Waals surface area contributed by atoms with E-state index in [0.29, 0.717) is 37.0 Å². The molecule has 2 aliphatic heterocycles. The number of nitrogens with one attached hydrogen (secondary N) is 1. The molecular formula is C21H24F2N4O2. The lowest BCUT2D eigenvalue weighted by molar-refractivity contribution is 0.0766. The first-order chi connectivity index (χ1) is 14.0. The lowest BCUT2D eigenvalue weighted by Crippen LogP contribution is -2.37. The van der Waals surface area contributed by atoms with Crippen molar-refractivity contribution in [2.45, 2.75) is 25.8 Å². The average Bonchev–Trinajstić information content (AvgIpc) is 3.22. The molecule has 4 rings (SSSR count). The Kier molecular flexibility index (Phi) is 5.71. The Bertz CT molecular complexity index is 920. The summed E-state index contributed by atoms with van der Waals surface area (Å²) in [4.78, 5) is 34.1. The summed E-state index contributed by atoms with van der Waals surface area (Å²) in [6.45, 7) is 3.49. The standard InChI is InChI=1S/C21H24F2N4O2/c22-17-3-1-2-16(20(17)23)12-26-7-4-14(5-8-26)15-6-9-27(13-15)21(29)18-10-25-19(28)11-24-18/h1-3,10-11,14-15H,4-9,12-13H2,(H,25,28)/t15-/m1/s1. The van der Waals surface area contributed by atoms with Gasteiger partial charge < -0.3 is 9.88 Å². The number of aromatic nitrogens is 2. The number of halogens is 2. The Labute approximate surface area is 167 Å². The molecule has 1 aromatic heterocycles. The van der Waals surface area contributed by atoms with E-state index >= 15 is 0 Å². The molecule has 1 N–H and O–H groups in total. The summed E-state index contributed by atoms with van der Waals surface area (Å²) < 4.78 is 27.3. The van der Waals surface area contributed by atoms with Crippen LogP contribution in [0.3, 0.4) is 0 Å². The zero-order valence-electron chi connectivity index (χ0n) is 16.1. The van der Waals surface area contributed by atoms with Crippen LogP contribution in [0.2, 0.25) is 0 Å². The summed E-state index contributed by atoms with van der Waals surface area (Å²) in [6.07, 6.45) is 5.42. The zero-order chi connectivity index (χ0) is 20.4. The maximum Gasteiger partial charge on any atom is 0.273 e. The van der Waals surface area contributed by atoms with Crippen molar-refractivity contribution < 1.29 is 13.6 Å². The smallest absolute Gasteiger partial charge is 0.273 e. The van der Waals surface area contributed by atoms with Gasteiger partial charge in [0.15, 0.2) is 11.6 Å². The van der Waals surface area contributed by atoms with Crippen LogP contribution in [0.1, 0.15) is 35.3 Å². The molecule has 0 saturated carbocycles. The van der Waals surface area contributed by atoms with Crippen molar-refractivity contribution >= 4 is 5.91 Å². The number of nitrogens with zero attached hydrogens (tertiary/aromatic N) is 3. The number of aromatic amines is 1. The van der Waals surface area contributed by atoms with Gasteiger partial charge in [-0.25, -0.2) is 13.8 Å². The Morgan fingerprint density at radius 3 is 2.62 bits per heavy atom. The summed E-state index contributed by atoms with van der Waals surface area (Å²) in [5.74, 6) is -0.747. The number of carbonyl (C=O) groups excluding carboxylic acids is 1. The Morgan fingerprint density at radius 2 is 1.90 bits per heavy atom. The summed E-state index contributed by atoms with van der Waals surface area (Å²) in [5.41, 5.74) is 0.331. The van der Waals surface area contributed by atoms with Crippen LogP contribution in [0.15, 0.2) is 35.4 Å². The number of amides is 1. The molecule has 2 aromatic rings. The van der Waals surface area contributed by atoms with Gasteiger partial charge in [-0.3, -0.25) is 14.5 Å². The largest absolute Gasteiger partial charge is 0.337 e. The molecule has 1 amide bonds. The third kappa shape index (κ3) is 4.37. The minimum Gasteiger partial charge on any atom is -0.337 e. The van der Waals surface area contributed by atoms with Crippen LogP contribution in [-0.2, 0) is 6.54 Å². The highest BCUT2D eigenvalue weighted by atomic mass is 19.2. The van der Waals surface area contributed by atoms with Crippen LogP contribution in [0, 0.1) is 23.5 Å². The van der Waals surface area contributed by atoms with Gasteiger partial charge in [-0.15, -0.1) is 0 Å². The second-order valence-electron chi connectivity index (χ2n) is 7.92. The number of benzene rings is 1. The van der Waals surface area contributed by atoms with Crippen LogP contribution in [-0.4, -0.2) is 51.9 Å². The molecule has 0 unspecified atom stereocenters. The van der Waals surface area contributed by atoms with Crippen molar-refractivity contribution in [2.75, 3.05) is 26.2 Å². The molecule has 2 saturated heterocycles. The van der Waals surface area contributed by atoms with Gasteiger partial charge in [0.25, 0.3) is 11.5 Å². The second kappa shape index (κ2) is 8.41. The van der Waals surface area contributed by atoms with Crippen LogP contribution < -0.4 is 5.56 Å². The molecule has 1 aromatic carbocycles. The number of carbonyl (C=O) groups is 1. The fraction of sp³-hybridized carbons (Fsp3) is 0.476. The minimum atomic E-state index is -0.801. The number of H-pyrrole nitrogens is 1. The van der Waals surface area contributed by atoms with Crippen molar-refractivity contribution in [2.24, 2.45) is 11.8 Å². The highest BCUT2D eigenvalue weighted by molar-refractivity contribution is 5.92. The first-order valence-electron chi connectivity index (χ1n) is 10.0. The van der Waals surface area contributed by atoms with E-state index < -0.39 is 11.6 Å². The molecule has 2 fully saturated rings. The third-order valence-corrected chi connectivity index (χ3v) is 6.13. The maximum absolute atomic E-state index is 13.9. The SMILES string of the molecule is O=C(c1c[nH]c(=O)cn1)N1CC[C@@H](C2CCN(Cc3cccc(F)c3F)CC2)C1. The summed E-state index contributed by atoms with van der Waals surface area (Å²) in [7, 11) is 0. The molecule has 154 valence electrons. The van der Waals surface area contributed by atoms with E-state index in [-0.39, 0.29) is 17.2 Å². The monoisotopic (exact) mass is 402 g/mol. The van der Waals surface area contributed by atoms with Crippen LogP contribution >= 0.6 is 0 Å². The van der Waals surface area contributed by atoms with Gasteiger partial charge in [0.2, 0.25) is 0 Å². The van der Waals surface area contributed by atoms with E-state index in [1.165, 1.54) is 6.20 Å². The van der Waals surface area contributed by atoms with Crippen LogP contribution in [0.4, 0.5) is 8.78 Å². The highest BCUT2D eigenvalue weighted by Gasteiger charge is 2.34. The molecule has 2 aliphatic rings. The van der Waals surface area contributed by atoms with E-state index in [0.717, 1.165) is 44.6 Å². The molecule has 3 heterocycles. The predicted molar refractivity (Wildman–Crippen MR) is 103 cm³/mol. The fourth-order valence-corrected chi connectivity index (χ4v) is 4.47. The number of hydrogen-bond acceptors (Lipinski definition) is 4. The van der Waals surface area contributed by atoms with Crippen molar-refractivity contribution in [3.8, 4) is 0 Å². The number of likely N-dealkylation sites (tertiary alicyclic amines) is 2. The van der Waals surface area contributed by atoms with Gasteiger partial charge in [-0.2, -0.15) is 0 Å². The maximum atomic E-state index is 13.9. The van der Waals surface area contributed by atoms with Crippen molar-refractivity contribution in [1.82, 2.24) is 19.8 Å². The number of piperidine rings is 1. The van der Waals surface area contributed by atoms with Crippen LogP contribution in [0.25, 0.3) is 0 Å². The van der Waals surface area contributed by atoms with Gasteiger partial charge in [0.1, 0.15) is 5.69 Å². The normalized spacial score (nSPS) is 20.9. The average molecular weight is 402 g/mol. The van der Waals surface area contributed by atoms with E-state index in [2.05, 4.69) is 14.9 Å². The van der Waals surface area contributed by atoms with Gasteiger partial charge in [-0.05, 0) is 50.3 Å². The molecule has 29 heavy (non-hydrogen) atoms. The van der Waals surface area contributed by atoms with Gasteiger partial charge >= 0.3 is 0 Å². The summed E-state index contributed by atoms with van der Waals surface area (Å²) >= 11 is 0. The van der Waals surface area contributed by atoms with E-state index in [9.17, 15) is 18.4 Å². The zero-order valence-corrected chi connectivity index (χ0v) is 16.1. The first kappa shape index (κ1) is 19.7.